The highest BCUT2D eigenvalue weighted by Crippen LogP contribution is 2.28. The van der Waals surface area contributed by atoms with Gasteiger partial charge in [-0.25, -0.2) is 4.98 Å². The average Bonchev–Trinajstić information content (AvgIpc) is 2.67. The molecule has 0 saturated carbocycles. The van der Waals surface area contributed by atoms with E-state index in [1.54, 1.807) is 11.3 Å². The van der Waals surface area contributed by atoms with Gasteiger partial charge >= 0.3 is 0 Å². The normalized spacial score (nSPS) is 21.4. The molecular weight excluding hydrogens is 192 g/mol. The minimum atomic E-state index is 0.821. The second-order valence-corrected chi connectivity index (χ2v) is 5.18. The number of nitrogens with zero attached hydrogens (tertiary/aromatic N) is 2. The van der Waals surface area contributed by atoms with Gasteiger partial charge in [0, 0.05) is 16.8 Å². The van der Waals surface area contributed by atoms with Gasteiger partial charge in [0.15, 0.2) is 4.96 Å². The quantitative estimate of drug-likeness (QED) is 0.648. The van der Waals surface area contributed by atoms with E-state index in [-0.39, 0.29) is 0 Å². The van der Waals surface area contributed by atoms with Crippen LogP contribution >= 0.6 is 11.3 Å². The molecule has 3 heteroatoms. The van der Waals surface area contributed by atoms with Gasteiger partial charge in [0.05, 0.1) is 5.69 Å². The Labute approximate surface area is 87.6 Å². The topological polar surface area (TPSA) is 17.3 Å². The molecule has 2 nitrogen and oxygen atoms in total. The molecule has 2 heterocycles. The van der Waals surface area contributed by atoms with E-state index in [0.29, 0.717) is 0 Å². The molecule has 14 heavy (non-hydrogen) atoms. The molecule has 0 spiro atoms. The molecule has 0 fully saturated rings. The first-order valence-corrected chi connectivity index (χ1v) is 6.08. The zero-order chi connectivity index (χ0) is 9.71. The summed E-state index contributed by atoms with van der Waals surface area (Å²) in [6.07, 6.45) is 3.68. The van der Waals surface area contributed by atoms with Gasteiger partial charge in [-0.05, 0) is 32.1 Å². The van der Waals surface area contributed by atoms with E-state index in [4.69, 9.17) is 0 Å². The Morgan fingerprint density at radius 2 is 2.43 bits per heavy atom. The van der Waals surface area contributed by atoms with Gasteiger partial charge in [-0.1, -0.05) is 6.92 Å². The first-order chi connectivity index (χ1) is 6.75. The molecule has 2 aromatic heterocycles. The molecule has 1 aliphatic rings. The largest absolute Gasteiger partial charge is 0.292 e. The molecule has 3 rings (SSSR count). The molecule has 0 saturated heterocycles. The van der Waals surface area contributed by atoms with Gasteiger partial charge in [0.1, 0.15) is 0 Å². The smallest absolute Gasteiger partial charge is 0.194 e. The fraction of sp³-hybridized carbons (Fsp3) is 0.545. The van der Waals surface area contributed by atoms with Gasteiger partial charge in [0.2, 0.25) is 0 Å². The summed E-state index contributed by atoms with van der Waals surface area (Å²) >= 11 is 1.76. The van der Waals surface area contributed by atoms with Crippen LogP contribution in [0, 0.1) is 12.8 Å². The highest BCUT2D eigenvalue weighted by atomic mass is 32.1. The number of imidazole rings is 1. The van der Waals surface area contributed by atoms with Crippen LogP contribution in [0.1, 0.15) is 30.4 Å². The molecule has 74 valence electrons. The van der Waals surface area contributed by atoms with E-state index in [0.717, 1.165) is 5.92 Å². The maximum atomic E-state index is 4.69. The van der Waals surface area contributed by atoms with E-state index in [1.807, 2.05) is 0 Å². The Kier molecular flexibility index (Phi) is 1.71. The van der Waals surface area contributed by atoms with Crippen LogP contribution in [-0.2, 0) is 12.8 Å². The summed E-state index contributed by atoms with van der Waals surface area (Å²) in [5, 5.41) is 2.20. The van der Waals surface area contributed by atoms with Crippen LogP contribution in [0.15, 0.2) is 5.38 Å². The van der Waals surface area contributed by atoms with Crippen LogP contribution in [0.3, 0.4) is 0 Å². The van der Waals surface area contributed by atoms with Gasteiger partial charge in [-0.15, -0.1) is 11.3 Å². The minimum Gasteiger partial charge on any atom is -0.292 e. The Balaban J connectivity index is 2.27. The highest BCUT2D eigenvalue weighted by molar-refractivity contribution is 7.15. The van der Waals surface area contributed by atoms with Gasteiger partial charge in [-0.2, -0.15) is 0 Å². The Hall–Kier alpha value is -0.830. The molecule has 1 unspecified atom stereocenters. The lowest BCUT2D eigenvalue weighted by molar-refractivity contribution is 0.488. The van der Waals surface area contributed by atoms with Gasteiger partial charge in [0.25, 0.3) is 0 Å². The van der Waals surface area contributed by atoms with Crippen molar-refractivity contribution in [3.63, 3.8) is 0 Å². The number of rotatable bonds is 0. The fourth-order valence-corrected chi connectivity index (χ4v) is 3.24. The first kappa shape index (κ1) is 8.48. The zero-order valence-corrected chi connectivity index (χ0v) is 9.40. The van der Waals surface area contributed by atoms with Crippen molar-refractivity contribution in [1.29, 1.82) is 0 Å². The number of fused-ring (bicyclic) bond motifs is 3. The Morgan fingerprint density at radius 1 is 1.57 bits per heavy atom. The molecule has 0 amide bonds. The summed E-state index contributed by atoms with van der Waals surface area (Å²) in [5.41, 5.74) is 4.16. The lowest BCUT2D eigenvalue weighted by Gasteiger charge is -2.17. The predicted molar refractivity (Wildman–Crippen MR) is 59.0 cm³/mol. The van der Waals surface area contributed by atoms with Gasteiger partial charge < -0.3 is 0 Å². The lowest BCUT2D eigenvalue weighted by atomic mass is 9.91. The van der Waals surface area contributed by atoms with E-state index in [9.17, 15) is 0 Å². The average molecular weight is 206 g/mol. The molecule has 2 aromatic rings. The summed E-state index contributed by atoms with van der Waals surface area (Å²) in [5.74, 6) is 0.821. The summed E-state index contributed by atoms with van der Waals surface area (Å²) in [4.78, 5) is 5.87. The third kappa shape index (κ3) is 1.05. The maximum absolute atomic E-state index is 4.69. The second-order valence-electron chi connectivity index (χ2n) is 4.35. The highest BCUT2D eigenvalue weighted by Gasteiger charge is 2.21. The number of aryl methyl sites for hydroxylation is 2. The van der Waals surface area contributed by atoms with Gasteiger partial charge in [-0.3, -0.25) is 4.40 Å². The third-order valence-corrected chi connectivity index (χ3v) is 4.07. The SMILES string of the molecule is Cc1csc2nc3c(n12)CC(C)CC3. The number of aromatic nitrogens is 2. The van der Waals surface area contributed by atoms with Crippen molar-refractivity contribution >= 4 is 16.3 Å². The van der Waals surface area contributed by atoms with Crippen LogP contribution in [0.4, 0.5) is 0 Å². The first-order valence-electron chi connectivity index (χ1n) is 5.20. The van der Waals surface area contributed by atoms with Crippen molar-refractivity contribution in [2.24, 2.45) is 5.92 Å². The number of hydrogen-bond acceptors (Lipinski definition) is 2. The van der Waals surface area contributed by atoms with Crippen LogP contribution in [-0.4, -0.2) is 9.38 Å². The molecule has 0 radical (unpaired) electrons. The summed E-state index contributed by atoms with van der Waals surface area (Å²) in [6, 6.07) is 0. The lowest BCUT2D eigenvalue weighted by Crippen LogP contribution is -2.12. The number of thiazole rings is 1. The monoisotopic (exact) mass is 206 g/mol. The molecule has 0 bridgehead atoms. The van der Waals surface area contributed by atoms with Crippen molar-refractivity contribution in [3.8, 4) is 0 Å². The molecule has 1 aliphatic carbocycles. The molecule has 0 aromatic carbocycles. The molecule has 0 N–H and O–H groups in total. The summed E-state index contributed by atoms with van der Waals surface area (Å²) < 4.78 is 2.34. The van der Waals surface area contributed by atoms with Crippen molar-refractivity contribution in [2.75, 3.05) is 0 Å². The standard InChI is InChI=1S/C11H14N2S/c1-7-3-4-9-10(5-7)13-8(2)6-14-11(13)12-9/h6-7H,3-5H2,1-2H3. The van der Waals surface area contributed by atoms with Crippen molar-refractivity contribution in [3.05, 3.63) is 22.5 Å². The summed E-state index contributed by atoms with van der Waals surface area (Å²) in [6.45, 7) is 4.51. The van der Waals surface area contributed by atoms with Crippen LogP contribution in [0.5, 0.6) is 0 Å². The molecule has 0 aliphatic heterocycles. The minimum absolute atomic E-state index is 0.821. The van der Waals surface area contributed by atoms with Crippen LogP contribution in [0.2, 0.25) is 0 Å². The van der Waals surface area contributed by atoms with E-state index in [1.165, 1.54) is 41.3 Å². The van der Waals surface area contributed by atoms with E-state index in [2.05, 4.69) is 28.6 Å². The molecule has 1 atom stereocenters. The zero-order valence-electron chi connectivity index (χ0n) is 8.58. The van der Waals surface area contributed by atoms with Crippen molar-refractivity contribution in [1.82, 2.24) is 9.38 Å². The third-order valence-electron chi connectivity index (χ3n) is 3.13. The molecular formula is C11H14N2S. The van der Waals surface area contributed by atoms with Crippen molar-refractivity contribution in [2.45, 2.75) is 33.1 Å². The second kappa shape index (κ2) is 2.83. The van der Waals surface area contributed by atoms with Crippen LogP contribution in [0.25, 0.3) is 4.96 Å². The Bertz CT molecular complexity index is 481. The maximum Gasteiger partial charge on any atom is 0.194 e. The predicted octanol–water partition coefficient (Wildman–Crippen LogP) is 2.83. The summed E-state index contributed by atoms with van der Waals surface area (Å²) in [7, 11) is 0. The van der Waals surface area contributed by atoms with Crippen molar-refractivity contribution < 1.29 is 0 Å². The van der Waals surface area contributed by atoms with E-state index < -0.39 is 0 Å². The van der Waals surface area contributed by atoms with E-state index >= 15 is 0 Å². The number of hydrogen-bond donors (Lipinski definition) is 0. The van der Waals surface area contributed by atoms with Crippen LogP contribution < -0.4 is 0 Å². The Morgan fingerprint density at radius 3 is 3.29 bits per heavy atom. The fourth-order valence-electron chi connectivity index (χ4n) is 2.33.